The normalized spacial score (nSPS) is 10.9. The summed E-state index contributed by atoms with van der Waals surface area (Å²) in [5.74, 6) is -0.579. The van der Waals surface area contributed by atoms with Crippen molar-refractivity contribution in [1.82, 2.24) is 10.9 Å². The molecule has 0 atom stereocenters. The first-order chi connectivity index (χ1) is 15.7. The Hall–Kier alpha value is -3.56. The molecular weight excluding hydrogens is 466 g/mol. The van der Waals surface area contributed by atoms with Crippen molar-refractivity contribution in [2.45, 2.75) is 18.7 Å². The highest BCUT2D eigenvalue weighted by Gasteiger charge is 2.17. The molecule has 8 nitrogen and oxygen atoms in total. The smallest absolute Gasteiger partial charge is 0.276 e. The van der Waals surface area contributed by atoms with E-state index in [1.165, 1.54) is 30.3 Å². The molecule has 0 aliphatic heterocycles. The number of nitrogens with one attached hydrogen (secondary N) is 3. The zero-order chi connectivity index (χ0) is 24.0. The van der Waals surface area contributed by atoms with E-state index in [9.17, 15) is 18.0 Å². The van der Waals surface area contributed by atoms with Crippen LogP contribution >= 0.6 is 11.6 Å². The average Bonchev–Trinajstić information content (AvgIpc) is 2.79. The number of anilines is 1. The van der Waals surface area contributed by atoms with Gasteiger partial charge >= 0.3 is 0 Å². The summed E-state index contributed by atoms with van der Waals surface area (Å²) in [6, 6.07) is 17.3. The van der Waals surface area contributed by atoms with Crippen molar-refractivity contribution in [3.05, 3.63) is 88.4 Å². The maximum absolute atomic E-state index is 12.5. The molecule has 3 N–H and O–H groups in total. The highest BCUT2D eigenvalue weighted by atomic mass is 35.5. The summed E-state index contributed by atoms with van der Waals surface area (Å²) < 4.78 is 33.0. The van der Waals surface area contributed by atoms with Crippen LogP contribution in [0.15, 0.2) is 71.6 Å². The Bertz CT molecular complexity index is 1280. The van der Waals surface area contributed by atoms with E-state index >= 15 is 0 Å². The van der Waals surface area contributed by atoms with E-state index < -0.39 is 21.8 Å². The van der Waals surface area contributed by atoms with Crippen molar-refractivity contribution >= 4 is 39.1 Å². The lowest BCUT2D eigenvalue weighted by molar-refractivity contribution is -0.123. The molecule has 0 saturated heterocycles. The van der Waals surface area contributed by atoms with Crippen LogP contribution in [-0.2, 0) is 14.8 Å². The fourth-order valence-electron chi connectivity index (χ4n) is 2.77. The van der Waals surface area contributed by atoms with Crippen LogP contribution in [-0.4, -0.2) is 26.8 Å². The van der Waals surface area contributed by atoms with Crippen LogP contribution in [0.4, 0.5) is 5.69 Å². The molecule has 3 aromatic rings. The summed E-state index contributed by atoms with van der Waals surface area (Å²) in [5.41, 5.74) is 6.81. The number of hydrogen-bond donors (Lipinski definition) is 3. The number of hydrogen-bond acceptors (Lipinski definition) is 5. The van der Waals surface area contributed by atoms with Gasteiger partial charge in [0.15, 0.2) is 6.61 Å². The van der Waals surface area contributed by atoms with Crippen LogP contribution < -0.4 is 20.3 Å². The third kappa shape index (κ3) is 6.47. The van der Waals surface area contributed by atoms with Gasteiger partial charge in [-0.1, -0.05) is 35.9 Å². The van der Waals surface area contributed by atoms with Crippen LogP contribution in [0, 0.1) is 13.8 Å². The molecule has 3 aromatic carbocycles. The first kappa shape index (κ1) is 24.1. The number of benzene rings is 3. The van der Waals surface area contributed by atoms with Gasteiger partial charge in [-0.2, -0.15) is 0 Å². The SMILES string of the molecule is Cc1ccc(C)c(OCC(=O)NNC(=O)c2ccc(S(=O)(=O)Nc3ccccc3Cl)cc2)c1. The molecule has 0 bridgehead atoms. The lowest BCUT2D eigenvalue weighted by Crippen LogP contribution is -2.43. The van der Waals surface area contributed by atoms with E-state index in [4.69, 9.17) is 16.3 Å². The number of rotatable bonds is 7. The highest BCUT2D eigenvalue weighted by Crippen LogP contribution is 2.24. The molecular formula is C23H22ClN3O5S. The van der Waals surface area contributed by atoms with E-state index in [0.29, 0.717) is 5.75 Å². The molecule has 0 unspecified atom stereocenters. The van der Waals surface area contributed by atoms with Gasteiger partial charge in [0, 0.05) is 5.56 Å². The summed E-state index contributed by atoms with van der Waals surface area (Å²) in [7, 11) is -3.90. The molecule has 10 heteroatoms. The molecule has 0 aliphatic carbocycles. The van der Waals surface area contributed by atoms with Crippen molar-refractivity contribution in [1.29, 1.82) is 0 Å². The fraction of sp³-hybridized carbons (Fsp3) is 0.130. The molecule has 172 valence electrons. The maximum atomic E-state index is 12.5. The lowest BCUT2D eigenvalue weighted by Gasteiger charge is -2.12. The molecule has 0 fully saturated rings. The van der Waals surface area contributed by atoms with Crippen molar-refractivity contribution < 1.29 is 22.7 Å². The standard InChI is InChI=1S/C23H22ClN3O5S/c1-15-7-8-16(2)21(13-15)32-14-22(28)25-26-23(29)17-9-11-18(12-10-17)33(30,31)27-20-6-4-3-5-19(20)24/h3-13,27H,14H2,1-2H3,(H,25,28)(H,26,29). The Morgan fingerprint density at radius 2 is 1.64 bits per heavy atom. The molecule has 0 spiro atoms. The van der Waals surface area contributed by atoms with Gasteiger partial charge in [0.05, 0.1) is 15.6 Å². The van der Waals surface area contributed by atoms with Crippen LogP contribution in [0.3, 0.4) is 0 Å². The van der Waals surface area contributed by atoms with Crippen molar-refractivity contribution in [2.24, 2.45) is 0 Å². The number of amides is 2. The second-order valence-electron chi connectivity index (χ2n) is 7.17. The number of para-hydroxylation sites is 1. The van der Waals surface area contributed by atoms with Gasteiger partial charge in [-0.25, -0.2) is 8.42 Å². The van der Waals surface area contributed by atoms with Gasteiger partial charge in [-0.3, -0.25) is 25.2 Å². The van der Waals surface area contributed by atoms with Crippen LogP contribution in [0.5, 0.6) is 5.75 Å². The summed E-state index contributed by atoms with van der Waals surface area (Å²) in [6.45, 7) is 3.49. The highest BCUT2D eigenvalue weighted by molar-refractivity contribution is 7.92. The van der Waals surface area contributed by atoms with Crippen molar-refractivity contribution in [2.75, 3.05) is 11.3 Å². The minimum Gasteiger partial charge on any atom is -0.483 e. The van der Waals surface area contributed by atoms with E-state index in [1.54, 1.807) is 18.2 Å². The summed E-state index contributed by atoms with van der Waals surface area (Å²) in [6.07, 6.45) is 0. The predicted molar refractivity (Wildman–Crippen MR) is 126 cm³/mol. The van der Waals surface area contributed by atoms with Gasteiger partial charge in [0.1, 0.15) is 5.75 Å². The summed E-state index contributed by atoms with van der Waals surface area (Å²) in [4.78, 5) is 24.2. The van der Waals surface area contributed by atoms with Crippen LogP contribution in [0.1, 0.15) is 21.5 Å². The Morgan fingerprint density at radius 1 is 0.939 bits per heavy atom. The summed E-state index contributed by atoms with van der Waals surface area (Å²) >= 11 is 5.99. The molecule has 2 amide bonds. The van der Waals surface area contributed by atoms with Gasteiger partial charge in [-0.15, -0.1) is 0 Å². The summed E-state index contributed by atoms with van der Waals surface area (Å²) in [5, 5.41) is 0.259. The first-order valence-electron chi connectivity index (χ1n) is 9.82. The van der Waals surface area contributed by atoms with Crippen molar-refractivity contribution in [3.63, 3.8) is 0 Å². The van der Waals surface area contributed by atoms with Gasteiger partial charge in [0.2, 0.25) is 0 Å². The Morgan fingerprint density at radius 3 is 2.33 bits per heavy atom. The Labute approximate surface area is 196 Å². The molecule has 0 heterocycles. The minimum absolute atomic E-state index is 0.0510. The zero-order valence-electron chi connectivity index (χ0n) is 17.9. The van der Waals surface area contributed by atoms with Crippen molar-refractivity contribution in [3.8, 4) is 5.75 Å². The number of halogens is 1. The molecule has 3 rings (SSSR count). The number of carbonyl (C=O) groups is 2. The van der Waals surface area contributed by atoms with E-state index in [0.717, 1.165) is 11.1 Å². The monoisotopic (exact) mass is 487 g/mol. The number of hydrazine groups is 1. The second-order valence-corrected chi connectivity index (χ2v) is 9.26. The van der Waals surface area contributed by atoms with Gasteiger partial charge in [-0.05, 0) is 67.4 Å². The largest absolute Gasteiger partial charge is 0.483 e. The minimum atomic E-state index is -3.90. The number of aryl methyl sites for hydroxylation is 2. The van der Waals surface area contributed by atoms with Crippen LogP contribution in [0.25, 0.3) is 0 Å². The number of sulfonamides is 1. The van der Waals surface area contributed by atoms with Crippen LogP contribution in [0.2, 0.25) is 5.02 Å². The third-order valence-corrected chi connectivity index (χ3v) is 6.27. The average molecular weight is 488 g/mol. The van der Waals surface area contributed by atoms with E-state index in [-0.39, 0.29) is 27.8 Å². The lowest BCUT2D eigenvalue weighted by atomic mass is 10.1. The third-order valence-electron chi connectivity index (χ3n) is 4.56. The topological polar surface area (TPSA) is 114 Å². The number of carbonyl (C=O) groups excluding carboxylic acids is 2. The maximum Gasteiger partial charge on any atom is 0.276 e. The Kier molecular flexibility index (Phi) is 7.57. The second kappa shape index (κ2) is 10.4. The zero-order valence-corrected chi connectivity index (χ0v) is 19.5. The first-order valence-corrected chi connectivity index (χ1v) is 11.7. The van der Waals surface area contributed by atoms with Gasteiger partial charge in [0.25, 0.3) is 21.8 Å². The molecule has 0 saturated carbocycles. The Balaban J connectivity index is 1.55. The molecule has 33 heavy (non-hydrogen) atoms. The molecule has 0 radical (unpaired) electrons. The van der Waals surface area contributed by atoms with E-state index in [2.05, 4.69) is 15.6 Å². The molecule has 0 aliphatic rings. The van der Waals surface area contributed by atoms with Gasteiger partial charge < -0.3 is 4.74 Å². The fourth-order valence-corrected chi connectivity index (χ4v) is 4.09. The quantitative estimate of drug-likeness (QED) is 0.441. The molecule has 0 aromatic heterocycles. The predicted octanol–water partition coefficient (Wildman–Crippen LogP) is 3.60. The van der Waals surface area contributed by atoms with E-state index in [1.807, 2.05) is 32.0 Å². The number of ether oxygens (including phenoxy) is 1.